The second kappa shape index (κ2) is 3.77. The summed E-state index contributed by atoms with van der Waals surface area (Å²) in [4.78, 5) is 13.7. The molecule has 0 unspecified atom stereocenters. The van der Waals surface area contributed by atoms with Gasteiger partial charge in [0.2, 0.25) is 5.91 Å². The summed E-state index contributed by atoms with van der Waals surface area (Å²) in [6, 6.07) is 5.99. The first-order valence-electron chi connectivity index (χ1n) is 5.57. The second-order valence-electron chi connectivity index (χ2n) is 4.53. The van der Waals surface area contributed by atoms with Crippen LogP contribution in [-0.2, 0) is 4.79 Å². The third kappa shape index (κ3) is 1.94. The maximum atomic E-state index is 11.6. The zero-order chi connectivity index (χ0) is 11.1. The van der Waals surface area contributed by atoms with Crippen molar-refractivity contribution in [2.45, 2.75) is 12.8 Å². The predicted octanol–water partition coefficient (Wildman–Crippen LogP) is 2.62. The first-order chi connectivity index (χ1) is 7.72. The lowest BCUT2D eigenvalue weighted by Gasteiger charge is -2.31. The molecule has 1 aromatic carbocycles. The number of halogens is 1. The maximum Gasteiger partial charge on any atom is 0.243 e. The van der Waals surface area contributed by atoms with Crippen LogP contribution >= 0.6 is 15.9 Å². The van der Waals surface area contributed by atoms with E-state index < -0.39 is 0 Å². The fourth-order valence-corrected chi connectivity index (χ4v) is 2.44. The first kappa shape index (κ1) is 10.1. The molecule has 1 N–H and O–H groups in total. The Hall–Kier alpha value is -1.03. The van der Waals surface area contributed by atoms with Crippen LogP contribution in [0.25, 0.3) is 0 Å². The number of hydrogen-bond donors (Lipinski definition) is 1. The Morgan fingerprint density at radius 1 is 1.44 bits per heavy atom. The molecule has 1 fully saturated rings. The van der Waals surface area contributed by atoms with Crippen LogP contribution in [0, 0.1) is 5.92 Å². The molecule has 1 heterocycles. The Morgan fingerprint density at radius 2 is 2.25 bits per heavy atom. The van der Waals surface area contributed by atoms with Crippen LogP contribution in [0.1, 0.15) is 12.8 Å². The molecular weight excluding hydrogens is 268 g/mol. The largest absolute Gasteiger partial charge is 0.360 e. The van der Waals surface area contributed by atoms with Gasteiger partial charge in [0.1, 0.15) is 0 Å². The Balaban J connectivity index is 1.94. The highest BCUT2D eigenvalue weighted by Gasteiger charge is 2.29. The van der Waals surface area contributed by atoms with E-state index in [1.165, 1.54) is 12.8 Å². The lowest BCUT2D eigenvalue weighted by Crippen LogP contribution is -2.39. The number of carbonyl (C=O) groups is 1. The number of fused-ring (bicyclic) bond motifs is 1. The van der Waals surface area contributed by atoms with Gasteiger partial charge in [-0.05, 0) is 37.0 Å². The molecule has 3 nitrogen and oxygen atoms in total. The summed E-state index contributed by atoms with van der Waals surface area (Å²) < 4.78 is 1.06. The lowest BCUT2D eigenvalue weighted by atomic mass is 10.2. The molecule has 84 valence electrons. The standard InChI is InChI=1S/C12H13BrN2O/c13-9-3-4-10-11(5-9)15(6-8-1-2-8)7-12(16)14-10/h3-5,8H,1-2,6-7H2,(H,14,16). The van der Waals surface area contributed by atoms with E-state index in [2.05, 4.69) is 32.2 Å². The lowest BCUT2D eigenvalue weighted by molar-refractivity contribution is -0.115. The van der Waals surface area contributed by atoms with E-state index in [-0.39, 0.29) is 5.91 Å². The van der Waals surface area contributed by atoms with Crippen molar-refractivity contribution in [3.63, 3.8) is 0 Å². The van der Waals surface area contributed by atoms with E-state index in [1.807, 2.05) is 12.1 Å². The van der Waals surface area contributed by atoms with Gasteiger partial charge in [0.25, 0.3) is 0 Å². The molecule has 4 heteroatoms. The fourth-order valence-electron chi connectivity index (χ4n) is 2.10. The van der Waals surface area contributed by atoms with Crippen molar-refractivity contribution in [2.75, 3.05) is 23.3 Å². The van der Waals surface area contributed by atoms with Crippen LogP contribution in [0.2, 0.25) is 0 Å². The van der Waals surface area contributed by atoms with Gasteiger partial charge in [0.05, 0.1) is 17.9 Å². The highest BCUT2D eigenvalue weighted by Crippen LogP contribution is 2.36. The van der Waals surface area contributed by atoms with E-state index in [0.717, 1.165) is 28.3 Å². The predicted molar refractivity (Wildman–Crippen MR) is 67.7 cm³/mol. The minimum absolute atomic E-state index is 0.0930. The van der Waals surface area contributed by atoms with Crippen LogP contribution in [0.5, 0.6) is 0 Å². The molecule has 2 aliphatic rings. The number of benzene rings is 1. The molecule has 1 aliphatic heterocycles. The first-order valence-corrected chi connectivity index (χ1v) is 6.36. The van der Waals surface area contributed by atoms with Gasteiger partial charge in [-0.2, -0.15) is 0 Å². The average molecular weight is 281 g/mol. The number of nitrogens with zero attached hydrogens (tertiary/aromatic N) is 1. The van der Waals surface area contributed by atoms with E-state index >= 15 is 0 Å². The third-order valence-corrected chi connectivity index (χ3v) is 3.58. The highest BCUT2D eigenvalue weighted by atomic mass is 79.9. The van der Waals surface area contributed by atoms with Crippen LogP contribution in [0.3, 0.4) is 0 Å². The molecule has 1 aromatic rings. The second-order valence-corrected chi connectivity index (χ2v) is 5.45. The topological polar surface area (TPSA) is 32.3 Å². The Bertz CT molecular complexity index is 443. The molecule has 1 amide bonds. The highest BCUT2D eigenvalue weighted by molar-refractivity contribution is 9.10. The normalized spacial score (nSPS) is 19.3. The number of hydrogen-bond acceptors (Lipinski definition) is 2. The molecule has 0 bridgehead atoms. The van der Waals surface area contributed by atoms with Crippen molar-refractivity contribution in [1.82, 2.24) is 0 Å². The minimum atomic E-state index is 0.0930. The van der Waals surface area contributed by atoms with Gasteiger partial charge in [-0.25, -0.2) is 0 Å². The van der Waals surface area contributed by atoms with Crippen molar-refractivity contribution in [2.24, 2.45) is 5.92 Å². The molecule has 0 atom stereocenters. The Labute approximate surface area is 103 Å². The third-order valence-electron chi connectivity index (χ3n) is 3.08. The summed E-state index contributed by atoms with van der Waals surface area (Å²) in [5.41, 5.74) is 2.07. The van der Waals surface area contributed by atoms with Gasteiger partial charge >= 0.3 is 0 Å². The molecule has 3 rings (SSSR count). The van der Waals surface area contributed by atoms with E-state index in [9.17, 15) is 4.79 Å². The summed E-state index contributed by atoms with van der Waals surface area (Å²) in [7, 11) is 0. The van der Waals surface area contributed by atoms with Crippen molar-refractivity contribution in [1.29, 1.82) is 0 Å². The van der Waals surface area contributed by atoms with Crippen molar-refractivity contribution < 1.29 is 4.79 Å². The zero-order valence-electron chi connectivity index (χ0n) is 8.87. The molecule has 1 aliphatic carbocycles. The van der Waals surface area contributed by atoms with Gasteiger partial charge in [0, 0.05) is 11.0 Å². The van der Waals surface area contributed by atoms with Gasteiger partial charge in [-0.1, -0.05) is 15.9 Å². The average Bonchev–Trinajstić information content (AvgIpc) is 3.03. The molecule has 0 aromatic heterocycles. The smallest absolute Gasteiger partial charge is 0.243 e. The monoisotopic (exact) mass is 280 g/mol. The van der Waals surface area contributed by atoms with Gasteiger partial charge in [-0.15, -0.1) is 0 Å². The number of nitrogens with one attached hydrogen (secondary N) is 1. The summed E-state index contributed by atoms with van der Waals surface area (Å²) in [5, 5.41) is 2.91. The van der Waals surface area contributed by atoms with Crippen LogP contribution in [-0.4, -0.2) is 19.0 Å². The van der Waals surface area contributed by atoms with E-state index in [4.69, 9.17) is 0 Å². The van der Waals surface area contributed by atoms with Crippen LogP contribution in [0.15, 0.2) is 22.7 Å². The van der Waals surface area contributed by atoms with Crippen LogP contribution in [0.4, 0.5) is 11.4 Å². The Morgan fingerprint density at radius 3 is 3.00 bits per heavy atom. The van der Waals surface area contributed by atoms with Gasteiger partial charge < -0.3 is 10.2 Å². The maximum absolute atomic E-state index is 11.6. The van der Waals surface area contributed by atoms with E-state index in [0.29, 0.717) is 6.54 Å². The Kier molecular flexibility index (Phi) is 2.39. The molecule has 0 saturated heterocycles. The van der Waals surface area contributed by atoms with Crippen LogP contribution < -0.4 is 10.2 Å². The molecule has 16 heavy (non-hydrogen) atoms. The van der Waals surface area contributed by atoms with Crippen molar-refractivity contribution in [3.05, 3.63) is 22.7 Å². The summed E-state index contributed by atoms with van der Waals surface area (Å²) in [5.74, 6) is 0.883. The molecular formula is C12H13BrN2O. The fraction of sp³-hybridized carbons (Fsp3) is 0.417. The molecule has 1 saturated carbocycles. The minimum Gasteiger partial charge on any atom is -0.360 e. The summed E-state index contributed by atoms with van der Waals surface area (Å²) in [6.45, 7) is 1.50. The van der Waals surface area contributed by atoms with Gasteiger partial charge in [0.15, 0.2) is 0 Å². The molecule has 0 radical (unpaired) electrons. The number of rotatable bonds is 2. The summed E-state index contributed by atoms with van der Waals surface area (Å²) >= 11 is 3.48. The number of carbonyl (C=O) groups excluding carboxylic acids is 1. The SMILES string of the molecule is O=C1CN(CC2CC2)c2cc(Br)ccc2N1. The van der Waals surface area contributed by atoms with Gasteiger partial charge in [-0.3, -0.25) is 4.79 Å². The number of amides is 1. The number of anilines is 2. The quantitative estimate of drug-likeness (QED) is 0.903. The van der Waals surface area contributed by atoms with E-state index in [1.54, 1.807) is 0 Å². The zero-order valence-corrected chi connectivity index (χ0v) is 10.5. The summed E-state index contributed by atoms with van der Waals surface area (Å²) in [6.07, 6.45) is 2.61. The molecule has 0 spiro atoms. The van der Waals surface area contributed by atoms with Crippen molar-refractivity contribution >= 4 is 33.2 Å². The van der Waals surface area contributed by atoms with Crippen molar-refractivity contribution in [3.8, 4) is 0 Å².